The number of pyridine rings is 1. The highest BCUT2D eigenvalue weighted by Gasteiger charge is 2.21. The van der Waals surface area contributed by atoms with Gasteiger partial charge in [0.05, 0.1) is 11.2 Å². The number of aromatic amines is 1. The lowest BCUT2D eigenvalue weighted by Crippen LogP contribution is -2.05. The fraction of sp³-hybridized carbons (Fsp3) is 0.250. The van der Waals surface area contributed by atoms with Crippen LogP contribution in [0.5, 0.6) is 0 Å². The highest BCUT2D eigenvalue weighted by Crippen LogP contribution is 2.36. The number of rotatable bonds is 3. The summed E-state index contributed by atoms with van der Waals surface area (Å²) in [6, 6.07) is 20.4. The number of nitrogens with one attached hydrogen (secondary N) is 1. The first-order chi connectivity index (χ1) is 13.8. The third-order valence-corrected chi connectivity index (χ3v) is 5.95. The second-order valence-electron chi connectivity index (χ2n) is 7.58. The van der Waals surface area contributed by atoms with Crippen LogP contribution in [0, 0.1) is 0 Å². The van der Waals surface area contributed by atoms with E-state index in [0.29, 0.717) is 5.92 Å². The second kappa shape index (κ2) is 7.40. The lowest BCUT2D eigenvalue weighted by molar-refractivity contribution is 0.431. The predicted octanol–water partition coefficient (Wildman–Crippen LogP) is 6.99. The van der Waals surface area contributed by atoms with Gasteiger partial charge in [-0.15, -0.1) is 0 Å². The molecule has 0 bridgehead atoms. The molecule has 4 aromatic rings. The summed E-state index contributed by atoms with van der Waals surface area (Å²) in [6.07, 6.45) is 6.33. The van der Waals surface area contributed by atoms with E-state index in [9.17, 15) is 0 Å². The molecule has 3 nitrogen and oxygen atoms in total. The monoisotopic (exact) mass is 387 g/mol. The molecule has 0 unspecified atom stereocenters. The average Bonchev–Trinajstić information content (AvgIpc) is 3.19. The number of imidazole rings is 1. The molecular weight excluding hydrogens is 366 g/mol. The molecule has 1 fully saturated rings. The first-order valence-corrected chi connectivity index (χ1v) is 10.4. The highest BCUT2D eigenvalue weighted by molar-refractivity contribution is 6.30. The van der Waals surface area contributed by atoms with Crippen molar-refractivity contribution in [3.63, 3.8) is 0 Å². The molecule has 28 heavy (non-hydrogen) atoms. The summed E-state index contributed by atoms with van der Waals surface area (Å²) < 4.78 is 0. The molecule has 1 aliphatic carbocycles. The largest absolute Gasteiger partial charge is 0.340 e. The number of H-pyrrole nitrogens is 1. The molecule has 0 amide bonds. The van der Waals surface area contributed by atoms with Gasteiger partial charge in [-0.1, -0.05) is 73.3 Å². The van der Waals surface area contributed by atoms with Crippen LogP contribution < -0.4 is 0 Å². The molecule has 0 radical (unpaired) electrons. The molecule has 5 rings (SSSR count). The van der Waals surface area contributed by atoms with Crippen LogP contribution in [0.2, 0.25) is 5.02 Å². The average molecular weight is 388 g/mol. The zero-order valence-electron chi connectivity index (χ0n) is 15.7. The van der Waals surface area contributed by atoms with E-state index >= 15 is 0 Å². The van der Waals surface area contributed by atoms with E-state index in [2.05, 4.69) is 35.3 Å². The van der Waals surface area contributed by atoms with Crippen LogP contribution in [0.1, 0.15) is 43.8 Å². The van der Waals surface area contributed by atoms with Crippen molar-refractivity contribution in [1.29, 1.82) is 0 Å². The molecule has 2 heterocycles. The maximum Gasteiger partial charge on any atom is 0.178 e. The summed E-state index contributed by atoms with van der Waals surface area (Å²) in [5.74, 6) is 1.60. The van der Waals surface area contributed by atoms with E-state index in [1.165, 1.54) is 32.1 Å². The van der Waals surface area contributed by atoms with E-state index < -0.39 is 0 Å². The Morgan fingerprint density at radius 2 is 1.57 bits per heavy atom. The predicted molar refractivity (Wildman–Crippen MR) is 116 cm³/mol. The topological polar surface area (TPSA) is 41.6 Å². The molecule has 1 N–H and O–H groups in total. The van der Waals surface area contributed by atoms with Crippen molar-refractivity contribution < 1.29 is 0 Å². The van der Waals surface area contributed by atoms with Crippen molar-refractivity contribution in [2.75, 3.05) is 0 Å². The Hall–Kier alpha value is -2.65. The van der Waals surface area contributed by atoms with Gasteiger partial charge in [0.25, 0.3) is 0 Å². The Bertz CT molecular complexity index is 1090. The Kier molecular flexibility index (Phi) is 4.61. The molecule has 1 aliphatic rings. The molecule has 1 saturated carbocycles. The number of hydrogen-bond donors (Lipinski definition) is 1. The van der Waals surface area contributed by atoms with Gasteiger partial charge < -0.3 is 4.98 Å². The van der Waals surface area contributed by atoms with Crippen molar-refractivity contribution >= 4 is 22.8 Å². The third kappa shape index (κ3) is 3.31. The van der Waals surface area contributed by atoms with E-state index in [1.807, 2.05) is 30.3 Å². The quantitative estimate of drug-likeness (QED) is 0.411. The molecular formula is C24H22ClN3. The number of nitrogens with zero attached hydrogens (tertiary/aromatic N) is 2. The zero-order valence-corrected chi connectivity index (χ0v) is 16.4. The van der Waals surface area contributed by atoms with Crippen LogP contribution in [-0.2, 0) is 0 Å². The van der Waals surface area contributed by atoms with Gasteiger partial charge in [-0.05, 0) is 36.6 Å². The molecule has 0 atom stereocenters. The van der Waals surface area contributed by atoms with Crippen molar-refractivity contribution in [3.05, 3.63) is 71.5 Å². The third-order valence-electron chi connectivity index (χ3n) is 5.70. The summed E-state index contributed by atoms with van der Waals surface area (Å²) >= 11 is 6.12. The number of benzene rings is 2. The van der Waals surface area contributed by atoms with Crippen LogP contribution in [0.25, 0.3) is 33.5 Å². The smallest absolute Gasteiger partial charge is 0.178 e. The SMILES string of the molecule is Clc1ccc(-c2cc(-c3ccccc3)nc3nc(C4CCCCC4)[nH]c23)cc1. The molecule has 0 aliphatic heterocycles. The minimum absolute atomic E-state index is 0.515. The van der Waals surface area contributed by atoms with Gasteiger partial charge in [-0.3, -0.25) is 0 Å². The zero-order chi connectivity index (χ0) is 18.9. The fourth-order valence-electron chi connectivity index (χ4n) is 4.19. The molecule has 140 valence electrons. The standard InChI is InChI=1S/C24H22ClN3/c25-19-13-11-16(12-14-19)20-15-21(17-7-3-1-4-8-17)26-24-22(20)27-23(28-24)18-9-5-2-6-10-18/h1,3-4,7-8,11-15,18H,2,5-6,9-10H2,(H,26,27,28). The number of fused-ring (bicyclic) bond motifs is 1. The van der Waals surface area contributed by atoms with Gasteiger partial charge in [0, 0.05) is 22.1 Å². The summed E-state index contributed by atoms with van der Waals surface area (Å²) in [5.41, 5.74) is 6.10. The Labute approximate surface area is 169 Å². The van der Waals surface area contributed by atoms with Crippen molar-refractivity contribution in [2.24, 2.45) is 0 Å². The number of hydrogen-bond acceptors (Lipinski definition) is 2. The summed E-state index contributed by atoms with van der Waals surface area (Å²) in [4.78, 5) is 13.4. The lowest BCUT2D eigenvalue weighted by atomic mass is 9.89. The summed E-state index contributed by atoms with van der Waals surface area (Å²) in [5, 5.41) is 0.741. The Morgan fingerprint density at radius 1 is 0.821 bits per heavy atom. The first-order valence-electron chi connectivity index (χ1n) is 10.00. The highest BCUT2D eigenvalue weighted by atomic mass is 35.5. The maximum atomic E-state index is 6.12. The molecule has 0 saturated heterocycles. The van der Waals surface area contributed by atoms with Crippen LogP contribution in [0.4, 0.5) is 0 Å². The van der Waals surface area contributed by atoms with E-state index in [1.54, 1.807) is 0 Å². The number of halogens is 1. The summed E-state index contributed by atoms with van der Waals surface area (Å²) in [6.45, 7) is 0. The normalized spacial score (nSPS) is 15.2. The Morgan fingerprint density at radius 3 is 2.32 bits per heavy atom. The summed E-state index contributed by atoms with van der Waals surface area (Å²) in [7, 11) is 0. The van der Waals surface area contributed by atoms with E-state index in [0.717, 1.165) is 44.4 Å². The second-order valence-corrected chi connectivity index (χ2v) is 8.02. The maximum absolute atomic E-state index is 6.12. The minimum Gasteiger partial charge on any atom is -0.340 e. The van der Waals surface area contributed by atoms with Gasteiger partial charge in [-0.2, -0.15) is 0 Å². The van der Waals surface area contributed by atoms with E-state index in [4.69, 9.17) is 21.6 Å². The molecule has 2 aromatic carbocycles. The van der Waals surface area contributed by atoms with Crippen LogP contribution in [0.15, 0.2) is 60.7 Å². The lowest BCUT2D eigenvalue weighted by Gasteiger charge is -2.18. The van der Waals surface area contributed by atoms with Crippen LogP contribution in [0.3, 0.4) is 0 Å². The minimum atomic E-state index is 0.515. The Balaban J connectivity index is 1.69. The molecule has 4 heteroatoms. The first kappa shape index (κ1) is 17.4. The fourth-order valence-corrected chi connectivity index (χ4v) is 4.32. The van der Waals surface area contributed by atoms with Crippen LogP contribution >= 0.6 is 11.6 Å². The van der Waals surface area contributed by atoms with Gasteiger partial charge >= 0.3 is 0 Å². The van der Waals surface area contributed by atoms with Gasteiger partial charge in [0.1, 0.15) is 5.82 Å². The van der Waals surface area contributed by atoms with Crippen molar-refractivity contribution in [1.82, 2.24) is 15.0 Å². The van der Waals surface area contributed by atoms with Gasteiger partial charge in [0.15, 0.2) is 5.65 Å². The number of aromatic nitrogens is 3. The van der Waals surface area contributed by atoms with Gasteiger partial charge in [-0.25, -0.2) is 9.97 Å². The van der Waals surface area contributed by atoms with Crippen molar-refractivity contribution in [2.45, 2.75) is 38.0 Å². The van der Waals surface area contributed by atoms with Crippen molar-refractivity contribution in [3.8, 4) is 22.4 Å². The van der Waals surface area contributed by atoms with Crippen LogP contribution in [-0.4, -0.2) is 15.0 Å². The van der Waals surface area contributed by atoms with E-state index in [-0.39, 0.29) is 0 Å². The van der Waals surface area contributed by atoms with Gasteiger partial charge in [0.2, 0.25) is 0 Å². The molecule has 0 spiro atoms. The molecule has 2 aromatic heterocycles.